The van der Waals surface area contributed by atoms with Gasteiger partial charge in [0.1, 0.15) is 5.75 Å². The van der Waals surface area contributed by atoms with Crippen LogP contribution in [0.2, 0.25) is 0 Å². The van der Waals surface area contributed by atoms with Crippen LogP contribution in [0.25, 0.3) is 0 Å². The second-order valence-corrected chi connectivity index (χ2v) is 4.63. The lowest BCUT2D eigenvalue weighted by Gasteiger charge is -2.10. The van der Waals surface area contributed by atoms with E-state index in [0.29, 0.717) is 17.9 Å². The van der Waals surface area contributed by atoms with Crippen molar-refractivity contribution in [2.45, 2.75) is 39.2 Å². The van der Waals surface area contributed by atoms with Gasteiger partial charge in [-0.05, 0) is 24.1 Å². The van der Waals surface area contributed by atoms with Crippen LogP contribution in [0.3, 0.4) is 0 Å². The monoisotopic (exact) mass is 280 g/mol. The molecule has 0 spiro atoms. The van der Waals surface area contributed by atoms with Gasteiger partial charge in [0.05, 0.1) is 19.3 Å². The average Bonchev–Trinajstić information content (AvgIpc) is 2.49. The molecule has 5 heteroatoms. The summed E-state index contributed by atoms with van der Waals surface area (Å²) in [5.41, 5.74) is 7.17. The van der Waals surface area contributed by atoms with Crippen LogP contribution in [0.15, 0.2) is 23.4 Å². The molecule has 0 aromatic heterocycles. The number of benzene rings is 1. The summed E-state index contributed by atoms with van der Waals surface area (Å²) in [6, 6.07) is 5.53. The molecule has 1 aromatic carbocycles. The lowest BCUT2D eigenvalue weighted by molar-refractivity contribution is 0.117. The zero-order valence-corrected chi connectivity index (χ0v) is 12.3. The van der Waals surface area contributed by atoms with Crippen molar-refractivity contribution in [2.75, 3.05) is 13.7 Å². The first kappa shape index (κ1) is 16.3. The molecule has 0 fully saturated rings. The van der Waals surface area contributed by atoms with Crippen LogP contribution in [0.1, 0.15) is 43.7 Å². The molecule has 0 aliphatic rings. The number of oxime groups is 1. The Labute approximate surface area is 120 Å². The van der Waals surface area contributed by atoms with Crippen LogP contribution in [-0.4, -0.2) is 24.8 Å². The summed E-state index contributed by atoms with van der Waals surface area (Å²) in [6.07, 6.45) is 4.76. The van der Waals surface area contributed by atoms with E-state index in [1.807, 2.05) is 12.1 Å². The highest BCUT2D eigenvalue weighted by Crippen LogP contribution is 2.20. The Bertz CT molecular complexity index is 433. The van der Waals surface area contributed by atoms with Gasteiger partial charge < -0.3 is 20.4 Å². The third-order valence-electron chi connectivity index (χ3n) is 3.06. The normalized spacial score (nSPS) is 11.6. The maximum absolute atomic E-state index is 8.77. The second-order valence-electron chi connectivity index (χ2n) is 4.63. The van der Waals surface area contributed by atoms with Gasteiger partial charge in [-0.25, -0.2) is 0 Å². The Kier molecular flexibility index (Phi) is 7.50. The molecular weight excluding hydrogens is 256 g/mol. The van der Waals surface area contributed by atoms with Crippen molar-refractivity contribution in [1.82, 2.24) is 0 Å². The van der Waals surface area contributed by atoms with E-state index in [-0.39, 0.29) is 5.84 Å². The van der Waals surface area contributed by atoms with E-state index < -0.39 is 0 Å². The first-order valence-electron chi connectivity index (χ1n) is 6.95. The fourth-order valence-electron chi connectivity index (χ4n) is 1.92. The van der Waals surface area contributed by atoms with E-state index in [1.165, 1.54) is 19.3 Å². The van der Waals surface area contributed by atoms with E-state index in [2.05, 4.69) is 12.1 Å². The van der Waals surface area contributed by atoms with Crippen molar-refractivity contribution >= 4 is 5.84 Å². The zero-order valence-electron chi connectivity index (χ0n) is 12.3. The molecule has 5 nitrogen and oxygen atoms in total. The van der Waals surface area contributed by atoms with Crippen LogP contribution in [0.4, 0.5) is 0 Å². The number of amidine groups is 1. The molecule has 1 rings (SSSR count). The second kappa shape index (κ2) is 9.20. The Morgan fingerprint density at radius 2 is 2.10 bits per heavy atom. The third kappa shape index (κ3) is 5.09. The fraction of sp³-hybridized carbons (Fsp3) is 0.533. The molecule has 1 aromatic rings. The molecule has 0 heterocycles. The molecule has 112 valence electrons. The van der Waals surface area contributed by atoms with Gasteiger partial charge in [-0.2, -0.15) is 0 Å². The van der Waals surface area contributed by atoms with Gasteiger partial charge >= 0.3 is 0 Å². The number of hydrogen-bond donors (Lipinski definition) is 2. The molecular formula is C15H24N2O3. The highest BCUT2D eigenvalue weighted by atomic mass is 16.5. The first-order valence-corrected chi connectivity index (χ1v) is 6.95. The molecule has 0 aliphatic carbocycles. The van der Waals surface area contributed by atoms with Crippen molar-refractivity contribution in [3.63, 3.8) is 0 Å². The Balaban J connectivity index is 2.55. The number of hydrogen-bond acceptors (Lipinski definition) is 4. The Morgan fingerprint density at radius 1 is 1.30 bits per heavy atom. The minimum atomic E-state index is 0.0339. The molecule has 0 bridgehead atoms. The number of nitrogens with zero attached hydrogens (tertiary/aromatic N) is 1. The predicted molar refractivity (Wildman–Crippen MR) is 79.3 cm³/mol. The van der Waals surface area contributed by atoms with E-state index in [9.17, 15) is 0 Å². The molecule has 3 N–H and O–H groups in total. The first-order chi connectivity index (χ1) is 9.72. The largest absolute Gasteiger partial charge is 0.496 e. The highest BCUT2D eigenvalue weighted by molar-refractivity contribution is 5.99. The molecule has 0 amide bonds. The summed E-state index contributed by atoms with van der Waals surface area (Å²) < 4.78 is 10.8. The van der Waals surface area contributed by atoms with E-state index in [0.717, 1.165) is 18.6 Å². The van der Waals surface area contributed by atoms with Crippen LogP contribution < -0.4 is 10.5 Å². The standard InChI is InChI=1S/C15H24N2O3/c1-3-4-5-6-9-20-11-12-7-8-14(19-2)13(10-12)15(16)17-18/h7-8,10,18H,3-6,9,11H2,1-2H3,(H2,16,17). The molecule has 0 radical (unpaired) electrons. The molecule has 0 unspecified atom stereocenters. The Morgan fingerprint density at radius 3 is 2.75 bits per heavy atom. The van der Waals surface area contributed by atoms with Crippen molar-refractivity contribution in [1.29, 1.82) is 0 Å². The van der Waals surface area contributed by atoms with Crippen molar-refractivity contribution < 1.29 is 14.7 Å². The predicted octanol–water partition coefficient (Wildman–Crippen LogP) is 2.89. The van der Waals surface area contributed by atoms with E-state index >= 15 is 0 Å². The van der Waals surface area contributed by atoms with Crippen LogP contribution in [0, 0.1) is 0 Å². The van der Waals surface area contributed by atoms with Gasteiger partial charge in [-0.15, -0.1) is 0 Å². The van der Waals surface area contributed by atoms with Gasteiger partial charge in [0.2, 0.25) is 0 Å². The summed E-state index contributed by atoms with van der Waals surface area (Å²) >= 11 is 0. The summed E-state index contributed by atoms with van der Waals surface area (Å²) in [6.45, 7) is 3.46. The molecule has 0 saturated carbocycles. The zero-order chi connectivity index (χ0) is 14.8. The fourth-order valence-corrected chi connectivity index (χ4v) is 1.92. The van der Waals surface area contributed by atoms with Crippen molar-refractivity contribution in [2.24, 2.45) is 10.9 Å². The van der Waals surface area contributed by atoms with Crippen LogP contribution in [-0.2, 0) is 11.3 Å². The molecule has 20 heavy (non-hydrogen) atoms. The van der Waals surface area contributed by atoms with Gasteiger partial charge in [0.25, 0.3) is 0 Å². The number of methoxy groups -OCH3 is 1. The summed E-state index contributed by atoms with van der Waals surface area (Å²) in [5, 5.41) is 11.8. The maximum atomic E-state index is 8.77. The van der Waals surface area contributed by atoms with Crippen molar-refractivity contribution in [3.05, 3.63) is 29.3 Å². The van der Waals surface area contributed by atoms with Gasteiger partial charge in [-0.3, -0.25) is 0 Å². The van der Waals surface area contributed by atoms with Crippen LogP contribution in [0.5, 0.6) is 5.75 Å². The lowest BCUT2D eigenvalue weighted by Crippen LogP contribution is -2.15. The summed E-state index contributed by atoms with van der Waals surface area (Å²) in [7, 11) is 1.55. The molecule has 0 saturated heterocycles. The molecule has 0 aliphatic heterocycles. The number of nitrogens with two attached hydrogens (primary N) is 1. The summed E-state index contributed by atoms with van der Waals surface area (Å²) in [5.74, 6) is 0.610. The smallest absolute Gasteiger partial charge is 0.173 e. The van der Waals surface area contributed by atoms with Crippen molar-refractivity contribution in [3.8, 4) is 5.75 Å². The Hall–Kier alpha value is -1.75. The van der Waals surface area contributed by atoms with Crippen LogP contribution >= 0.6 is 0 Å². The van der Waals surface area contributed by atoms with Gasteiger partial charge in [0.15, 0.2) is 5.84 Å². The third-order valence-corrected chi connectivity index (χ3v) is 3.06. The number of rotatable bonds is 9. The quantitative estimate of drug-likeness (QED) is 0.240. The minimum Gasteiger partial charge on any atom is -0.496 e. The van der Waals surface area contributed by atoms with E-state index in [4.69, 9.17) is 20.4 Å². The number of ether oxygens (including phenoxy) is 2. The lowest BCUT2D eigenvalue weighted by atomic mass is 10.1. The SMILES string of the molecule is CCCCCCOCc1ccc(OC)c(C(N)=NO)c1. The topological polar surface area (TPSA) is 77.1 Å². The minimum absolute atomic E-state index is 0.0339. The highest BCUT2D eigenvalue weighted by Gasteiger charge is 2.09. The van der Waals surface area contributed by atoms with Gasteiger partial charge in [-0.1, -0.05) is 37.4 Å². The average molecular weight is 280 g/mol. The number of unbranched alkanes of at least 4 members (excludes halogenated alkanes) is 3. The molecule has 0 atom stereocenters. The van der Waals surface area contributed by atoms with E-state index in [1.54, 1.807) is 13.2 Å². The maximum Gasteiger partial charge on any atom is 0.173 e. The summed E-state index contributed by atoms with van der Waals surface area (Å²) in [4.78, 5) is 0. The van der Waals surface area contributed by atoms with Gasteiger partial charge in [0, 0.05) is 6.61 Å².